The standard InChI is InChI=1S/C12H24/c1-4-6-8-11(7-5-2)12(3)9-10-12/h11H,4-10H2,1-3H3. The van der Waals surface area contributed by atoms with Gasteiger partial charge >= 0.3 is 0 Å². The summed E-state index contributed by atoms with van der Waals surface area (Å²) < 4.78 is 0. The summed E-state index contributed by atoms with van der Waals surface area (Å²) in [6.45, 7) is 7.12. The first kappa shape index (κ1) is 10.1. The van der Waals surface area contributed by atoms with E-state index in [9.17, 15) is 0 Å². The molecular weight excluding hydrogens is 144 g/mol. The summed E-state index contributed by atoms with van der Waals surface area (Å²) in [6.07, 6.45) is 10.2. The van der Waals surface area contributed by atoms with Gasteiger partial charge in [0.2, 0.25) is 0 Å². The van der Waals surface area contributed by atoms with E-state index in [1.165, 1.54) is 44.9 Å². The highest BCUT2D eigenvalue weighted by Gasteiger charge is 2.43. The predicted octanol–water partition coefficient (Wildman–Crippen LogP) is 4.39. The van der Waals surface area contributed by atoms with Crippen LogP contribution in [0.3, 0.4) is 0 Å². The highest BCUT2D eigenvalue weighted by molar-refractivity contribution is 4.94. The molecule has 12 heavy (non-hydrogen) atoms. The topological polar surface area (TPSA) is 0 Å². The van der Waals surface area contributed by atoms with Gasteiger partial charge in [0, 0.05) is 0 Å². The molecule has 1 saturated carbocycles. The van der Waals surface area contributed by atoms with Crippen LogP contribution in [-0.4, -0.2) is 0 Å². The van der Waals surface area contributed by atoms with Gasteiger partial charge in [-0.1, -0.05) is 46.5 Å². The van der Waals surface area contributed by atoms with Gasteiger partial charge in [0.25, 0.3) is 0 Å². The molecule has 1 atom stereocenters. The first-order valence-electron chi connectivity index (χ1n) is 5.73. The van der Waals surface area contributed by atoms with Gasteiger partial charge in [-0.15, -0.1) is 0 Å². The zero-order valence-electron chi connectivity index (χ0n) is 9.03. The molecule has 0 aromatic carbocycles. The molecule has 0 aromatic heterocycles. The van der Waals surface area contributed by atoms with Crippen molar-refractivity contribution in [1.29, 1.82) is 0 Å². The largest absolute Gasteiger partial charge is 0.0654 e. The summed E-state index contributed by atoms with van der Waals surface area (Å²) in [6, 6.07) is 0. The Bertz CT molecular complexity index is 122. The zero-order valence-corrected chi connectivity index (χ0v) is 9.03. The average molecular weight is 168 g/mol. The smallest absolute Gasteiger partial charge is 0.0297 e. The Labute approximate surface area is 77.7 Å². The third-order valence-electron chi connectivity index (χ3n) is 3.57. The van der Waals surface area contributed by atoms with Gasteiger partial charge in [0.1, 0.15) is 0 Å². The Morgan fingerprint density at radius 3 is 2.17 bits per heavy atom. The lowest BCUT2D eigenvalue weighted by atomic mass is 9.83. The second-order valence-electron chi connectivity index (χ2n) is 4.78. The van der Waals surface area contributed by atoms with Crippen molar-refractivity contribution in [3.63, 3.8) is 0 Å². The minimum atomic E-state index is 0.769. The number of hydrogen-bond donors (Lipinski definition) is 0. The van der Waals surface area contributed by atoms with Crippen molar-refractivity contribution in [2.45, 2.75) is 65.7 Å². The Morgan fingerprint density at radius 1 is 1.08 bits per heavy atom. The highest BCUT2D eigenvalue weighted by Crippen LogP contribution is 2.54. The van der Waals surface area contributed by atoms with E-state index < -0.39 is 0 Å². The second-order valence-corrected chi connectivity index (χ2v) is 4.78. The van der Waals surface area contributed by atoms with E-state index in [1.54, 1.807) is 0 Å². The molecular formula is C12H24. The van der Waals surface area contributed by atoms with Crippen LogP contribution in [0.15, 0.2) is 0 Å². The highest BCUT2D eigenvalue weighted by atomic mass is 14.5. The molecule has 1 unspecified atom stereocenters. The lowest BCUT2D eigenvalue weighted by molar-refractivity contribution is 0.284. The van der Waals surface area contributed by atoms with Crippen molar-refractivity contribution in [3.05, 3.63) is 0 Å². The molecule has 0 heteroatoms. The monoisotopic (exact) mass is 168 g/mol. The van der Waals surface area contributed by atoms with Gasteiger partial charge in [-0.25, -0.2) is 0 Å². The molecule has 1 aliphatic rings. The second kappa shape index (κ2) is 4.30. The molecule has 0 amide bonds. The van der Waals surface area contributed by atoms with Crippen molar-refractivity contribution >= 4 is 0 Å². The van der Waals surface area contributed by atoms with Gasteiger partial charge < -0.3 is 0 Å². The van der Waals surface area contributed by atoms with Crippen molar-refractivity contribution < 1.29 is 0 Å². The molecule has 1 rings (SSSR count). The Hall–Kier alpha value is 0. The van der Waals surface area contributed by atoms with E-state index in [0.29, 0.717) is 0 Å². The normalized spacial score (nSPS) is 22.2. The van der Waals surface area contributed by atoms with Crippen LogP contribution < -0.4 is 0 Å². The van der Waals surface area contributed by atoms with E-state index in [0.717, 1.165) is 11.3 Å². The number of unbranched alkanes of at least 4 members (excludes halogenated alkanes) is 1. The Morgan fingerprint density at radius 2 is 1.75 bits per heavy atom. The minimum absolute atomic E-state index is 0.769. The van der Waals surface area contributed by atoms with Crippen LogP contribution in [-0.2, 0) is 0 Å². The molecule has 1 aliphatic carbocycles. The average Bonchev–Trinajstić information content (AvgIpc) is 2.78. The molecule has 0 spiro atoms. The van der Waals surface area contributed by atoms with Crippen LogP contribution >= 0.6 is 0 Å². The summed E-state index contributed by atoms with van der Waals surface area (Å²) in [5.74, 6) is 1.04. The number of hydrogen-bond acceptors (Lipinski definition) is 0. The summed E-state index contributed by atoms with van der Waals surface area (Å²) in [7, 11) is 0. The number of rotatable bonds is 6. The molecule has 0 nitrogen and oxygen atoms in total. The van der Waals surface area contributed by atoms with Crippen LogP contribution in [0.5, 0.6) is 0 Å². The third kappa shape index (κ3) is 2.50. The Balaban J connectivity index is 2.28. The van der Waals surface area contributed by atoms with Gasteiger partial charge in [0.05, 0.1) is 0 Å². The van der Waals surface area contributed by atoms with Crippen LogP contribution in [0.25, 0.3) is 0 Å². The minimum Gasteiger partial charge on any atom is -0.0654 e. The van der Waals surface area contributed by atoms with Crippen molar-refractivity contribution in [3.8, 4) is 0 Å². The zero-order chi connectivity index (χ0) is 9.03. The summed E-state index contributed by atoms with van der Waals surface area (Å²) in [5.41, 5.74) is 0.769. The van der Waals surface area contributed by atoms with Gasteiger partial charge in [-0.05, 0) is 30.6 Å². The van der Waals surface area contributed by atoms with E-state index >= 15 is 0 Å². The fraction of sp³-hybridized carbons (Fsp3) is 1.00. The van der Waals surface area contributed by atoms with Gasteiger partial charge in [-0.2, -0.15) is 0 Å². The SMILES string of the molecule is CCCCC(CCC)C1(C)CC1. The van der Waals surface area contributed by atoms with Crippen molar-refractivity contribution in [2.75, 3.05) is 0 Å². The molecule has 0 radical (unpaired) electrons. The van der Waals surface area contributed by atoms with Crippen LogP contribution in [0.1, 0.15) is 65.7 Å². The predicted molar refractivity (Wildman–Crippen MR) is 55.3 cm³/mol. The third-order valence-corrected chi connectivity index (χ3v) is 3.57. The molecule has 0 N–H and O–H groups in total. The van der Waals surface area contributed by atoms with Crippen molar-refractivity contribution in [1.82, 2.24) is 0 Å². The molecule has 0 heterocycles. The molecule has 72 valence electrons. The fourth-order valence-electron chi connectivity index (χ4n) is 2.25. The van der Waals surface area contributed by atoms with Gasteiger partial charge in [-0.3, -0.25) is 0 Å². The molecule has 1 fully saturated rings. The first-order valence-corrected chi connectivity index (χ1v) is 5.73. The lowest BCUT2D eigenvalue weighted by Gasteiger charge is -2.22. The van der Waals surface area contributed by atoms with E-state index in [-0.39, 0.29) is 0 Å². The summed E-state index contributed by atoms with van der Waals surface area (Å²) in [5, 5.41) is 0. The summed E-state index contributed by atoms with van der Waals surface area (Å²) in [4.78, 5) is 0. The van der Waals surface area contributed by atoms with E-state index in [2.05, 4.69) is 20.8 Å². The van der Waals surface area contributed by atoms with Gasteiger partial charge in [0.15, 0.2) is 0 Å². The maximum Gasteiger partial charge on any atom is -0.0297 e. The maximum absolute atomic E-state index is 2.49. The fourth-order valence-corrected chi connectivity index (χ4v) is 2.25. The summed E-state index contributed by atoms with van der Waals surface area (Å²) >= 11 is 0. The lowest BCUT2D eigenvalue weighted by Crippen LogP contribution is -2.12. The van der Waals surface area contributed by atoms with E-state index in [4.69, 9.17) is 0 Å². The quantitative estimate of drug-likeness (QED) is 0.551. The molecule has 0 saturated heterocycles. The molecule has 0 aliphatic heterocycles. The van der Waals surface area contributed by atoms with Crippen LogP contribution in [0.2, 0.25) is 0 Å². The van der Waals surface area contributed by atoms with Crippen molar-refractivity contribution in [2.24, 2.45) is 11.3 Å². The molecule has 0 bridgehead atoms. The first-order chi connectivity index (χ1) is 5.73. The Kier molecular flexibility index (Phi) is 3.61. The molecule has 0 aromatic rings. The van der Waals surface area contributed by atoms with Crippen LogP contribution in [0.4, 0.5) is 0 Å². The maximum atomic E-state index is 2.49. The van der Waals surface area contributed by atoms with Crippen LogP contribution in [0, 0.1) is 11.3 Å². The van der Waals surface area contributed by atoms with E-state index in [1.807, 2.05) is 0 Å².